The smallest absolute Gasteiger partial charge is 0.207 e. The van der Waals surface area contributed by atoms with Crippen LogP contribution in [0.1, 0.15) is 31.7 Å². The largest absolute Gasteiger partial charge is 0.416 e. The van der Waals surface area contributed by atoms with E-state index in [1.54, 1.807) is 6.92 Å². The van der Waals surface area contributed by atoms with Crippen molar-refractivity contribution < 1.29 is 21.6 Å². The zero-order valence-corrected chi connectivity index (χ0v) is 12.9. The van der Waals surface area contributed by atoms with E-state index in [1.165, 1.54) is 4.31 Å². The highest BCUT2D eigenvalue weighted by Crippen LogP contribution is 2.35. The van der Waals surface area contributed by atoms with Crippen LogP contribution in [-0.4, -0.2) is 25.3 Å². The van der Waals surface area contributed by atoms with E-state index in [0.29, 0.717) is 25.5 Å². The fourth-order valence-corrected chi connectivity index (χ4v) is 4.63. The Morgan fingerprint density at radius 2 is 1.95 bits per heavy atom. The van der Waals surface area contributed by atoms with Crippen molar-refractivity contribution in [2.75, 3.05) is 6.54 Å². The lowest BCUT2D eigenvalue weighted by atomic mass is 10.1. The maximum absolute atomic E-state index is 12.8. The average molecular weight is 342 g/mol. The van der Waals surface area contributed by atoms with Crippen LogP contribution in [0.5, 0.6) is 0 Å². The summed E-state index contributed by atoms with van der Waals surface area (Å²) in [5.74, 6) is 0. The monoisotopic (exact) mass is 341 g/mol. The van der Waals surface area contributed by atoms with Crippen molar-refractivity contribution in [3.8, 4) is 0 Å². The fourth-order valence-electron chi connectivity index (χ4n) is 2.43. The van der Waals surface area contributed by atoms with Crippen LogP contribution in [-0.2, 0) is 16.2 Å². The first-order valence-electron chi connectivity index (χ1n) is 6.52. The van der Waals surface area contributed by atoms with Gasteiger partial charge < -0.3 is 0 Å². The van der Waals surface area contributed by atoms with Crippen LogP contribution in [0.4, 0.5) is 13.2 Å². The van der Waals surface area contributed by atoms with Crippen LogP contribution in [0.2, 0.25) is 5.02 Å². The minimum atomic E-state index is -4.61. The molecule has 0 spiro atoms. The van der Waals surface area contributed by atoms with E-state index in [0.717, 1.165) is 18.6 Å². The van der Waals surface area contributed by atoms with Crippen molar-refractivity contribution in [1.29, 1.82) is 0 Å². The summed E-state index contributed by atoms with van der Waals surface area (Å²) < 4.78 is 64.6. The molecule has 0 aromatic heterocycles. The first-order valence-corrected chi connectivity index (χ1v) is 8.34. The molecule has 0 saturated carbocycles. The minimum absolute atomic E-state index is 0.194. The standard InChI is InChI=1S/C13H15ClF3NO2S/c1-9-4-2-3-7-18(9)21(19,20)12-8-10(13(15,16)17)5-6-11(12)14/h5-6,8-9H,2-4,7H2,1H3. The molecule has 1 aliphatic heterocycles. The molecule has 0 amide bonds. The molecule has 1 heterocycles. The van der Waals surface area contributed by atoms with Gasteiger partial charge in [-0.25, -0.2) is 8.42 Å². The zero-order valence-electron chi connectivity index (χ0n) is 11.3. The third-order valence-corrected chi connectivity index (χ3v) is 6.08. The van der Waals surface area contributed by atoms with Crippen LogP contribution in [0, 0.1) is 0 Å². The Labute approximate surface area is 126 Å². The lowest BCUT2D eigenvalue weighted by molar-refractivity contribution is -0.137. The normalized spacial score (nSPS) is 21.5. The summed E-state index contributed by atoms with van der Waals surface area (Å²) in [6, 6.07) is 2.13. The minimum Gasteiger partial charge on any atom is -0.207 e. The number of rotatable bonds is 2. The van der Waals surface area contributed by atoms with Crippen LogP contribution in [0.15, 0.2) is 23.1 Å². The van der Waals surface area contributed by atoms with Crippen LogP contribution in [0.25, 0.3) is 0 Å². The van der Waals surface area contributed by atoms with Crippen molar-refractivity contribution in [1.82, 2.24) is 4.31 Å². The predicted molar refractivity (Wildman–Crippen MR) is 73.7 cm³/mol. The van der Waals surface area contributed by atoms with Gasteiger partial charge in [0.2, 0.25) is 10.0 Å². The maximum atomic E-state index is 12.8. The van der Waals surface area contributed by atoms with Crippen LogP contribution < -0.4 is 0 Å². The molecule has 8 heteroatoms. The van der Waals surface area contributed by atoms with Gasteiger partial charge in [0.1, 0.15) is 4.90 Å². The molecule has 0 bridgehead atoms. The second kappa shape index (κ2) is 5.78. The van der Waals surface area contributed by atoms with Crippen LogP contribution in [0.3, 0.4) is 0 Å². The first kappa shape index (κ1) is 16.6. The van der Waals surface area contributed by atoms with Gasteiger partial charge in [-0.05, 0) is 38.0 Å². The Balaban J connectivity index is 2.49. The second-order valence-electron chi connectivity index (χ2n) is 5.10. The number of nitrogens with zero attached hydrogens (tertiary/aromatic N) is 1. The first-order chi connectivity index (χ1) is 9.64. The molecule has 0 N–H and O–H groups in total. The van der Waals surface area contributed by atoms with E-state index in [1.807, 2.05) is 0 Å². The topological polar surface area (TPSA) is 37.4 Å². The van der Waals surface area contributed by atoms with Gasteiger partial charge in [0.05, 0.1) is 10.6 Å². The molecule has 1 fully saturated rings. The van der Waals surface area contributed by atoms with Gasteiger partial charge in [-0.15, -0.1) is 0 Å². The molecule has 1 atom stereocenters. The number of hydrogen-bond donors (Lipinski definition) is 0. The van der Waals surface area contributed by atoms with Gasteiger partial charge in [0.25, 0.3) is 0 Å². The van der Waals surface area contributed by atoms with Gasteiger partial charge >= 0.3 is 6.18 Å². The molecule has 0 aliphatic carbocycles. The molecule has 118 valence electrons. The molecule has 0 radical (unpaired) electrons. The summed E-state index contributed by atoms with van der Waals surface area (Å²) in [5, 5.41) is -0.194. The van der Waals surface area contributed by atoms with Gasteiger partial charge in [-0.1, -0.05) is 18.0 Å². The fraction of sp³-hybridized carbons (Fsp3) is 0.538. The highest BCUT2D eigenvalue weighted by molar-refractivity contribution is 7.89. The van der Waals surface area contributed by atoms with E-state index in [-0.39, 0.29) is 11.1 Å². The molecule has 1 aromatic carbocycles. The van der Waals surface area contributed by atoms with E-state index in [9.17, 15) is 21.6 Å². The second-order valence-corrected chi connectivity index (χ2v) is 7.37. The number of benzene rings is 1. The van der Waals surface area contributed by atoms with Crippen molar-refractivity contribution in [2.45, 2.75) is 43.3 Å². The summed E-state index contributed by atoms with van der Waals surface area (Å²) in [7, 11) is -4.02. The lowest BCUT2D eigenvalue weighted by Crippen LogP contribution is -2.42. The predicted octanol–water partition coefficient (Wildman–Crippen LogP) is 3.92. The van der Waals surface area contributed by atoms with E-state index >= 15 is 0 Å². The highest BCUT2D eigenvalue weighted by Gasteiger charge is 2.36. The summed E-state index contributed by atoms with van der Waals surface area (Å²) in [6.07, 6.45) is -2.32. The number of halogens is 4. The van der Waals surface area contributed by atoms with Crippen molar-refractivity contribution in [2.24, 2.45) is 0 Å². The number of sulfonamides is 1. The van der Waals surface area contributed by atoms with Crippen molar-refractivity contribution in [3.63, 3.8) is 0 Å². The Morgan fingerprint density at radius 1 is 1.29 bits per heavy atom. The Kier molecular flexibility index (Phi) is 4.56. The van der Waals surface area contributed by atoms with Crippen molar-refractivity contribution in [3.05, 3.63) is 28.8 Å². The highest BCUT2D eigenvalue weighted by atomic mass is 35.5. The van der Waals surface area contributed by atoms with E-state index in [4.69, 9.17) is 11.6 Å². The quantitative estimate of drug-likeness (QED) is 0.817. The molecule has 3 nitrogen and oxygen atoms in total. The van der Waals surface area contributed by atoms with Crippen LogP contribution >= 0.6 is 11.6 Å². The number of piperidine rings is 1. The summed E-state index contributed by atoms with van der Waals surface area (Å²) in [6.45, 7) is 2.05. The van der Waals surface area contributed by atoms with Gasteiger partial charge in [-0.2, -0.15) is 17.5 Å². The Bertz CT molecular complexity index is 631. The molecule has 21 heavy (non-hydrogen) atoms. The zero-order chi connectivity index (χ0) is 15.8. The van der Waals surface area contributed by atoms with E-state index < -0.39 is 26.7 Å². The summed E-state index contributed by atoms with van der Waals surface area (Å²) in [4.78, 5) is -0.479. The van der Waals surface area contributed by atoms with Crippen molar-refractivity contribution >= 4 is 21.6 Å². The SMILES string of the molecule is CC1CCCCN1S(=O)(=O)c1cc(C(F)(F)F)ccc1Cl. The third kappa shape index (κ3) is 3.35. The van der Waals surface area contributed by atoms with Gasteiger partial charge in [0, 0.05) is 12.6 Å². The Hall–Kier alpha value is -0.790. The maximum Gasteiger partial charge on any atom is 0.416 e. The molecule has 1 unspecified atom stereocenters. The molecular weight excluding hydrogens is 327 g/mol. The summed E-state index contributed by atoms with van der Waals surface area (Å²) >= 11 is 5.82. The molecule has 1 saturated heterocycles. The summed E-state index contributed by atoms with van der Waals surface area (Å²) in [5.41, 5.74) is -1.02. The number of hydrogen-bond acceptors (Lipinski definition) is 2. The molecular formula is C13H15ClF3NO2S. The Morgan fingerprint density at radius 3 is 2.52 bits per heavy atom. The number of alkyl halides is 3. The molecule has 1 aliphatic rings. The van der Waals surface area contributed by atoms with Gasteiger partial charge in [-0.3, -0.25) is 0 Å². The molecule has 2 rings (SSSR count). The van der Waals surface area contributed by atoms with Gasteiger partial charge in [0.15, 0.2) is 0 Å². The lowest BCUT2D eigenvalue weighted by Gasteiger charge is -2.32. The third-order valence-electron chi connectivity index (χ3n) is 3.59. The molecule has 1 aromatic rings. The average Bonchev–Trinajstić information content (AvgIpc) is 2.37. The van der Waals surface area contributed by atoms with E-state index in [2.05, 4.69) is 0 Å².